The van der Waals surface area contributed by atoms with Crippen molar-refractivity contribution >= 4 is 5.91 Å². The van der Waals surface area contributed by atoms with Crippen LogP contribution >= 0.6 is 0 Å². The Kier molecular flexibility index (Phi) is 6.12. The number of benzene rings is 2. The summed E-state index contributed by atoms with van der Waals surface area (Å²) in [7, 11) is 0. The van der Waals surface area contributed by atoms with E-state index in [-0.39, 0.29) is 17.6 Å². The number of rotatable bonds is 6. The molecule has 0 spiro atoms. The molecular weight excluding hydrogens is 381 g/mol. The molecule has 1 fully saturated rings. The van der Waals surface area contributed by atoms with Crippen LogP contribution in [-0.4, -0.2) is 40.1 Å². The molecule has 1 aliphatic rings. The highest BCUT2D eigenvalue weighted by molar-refractivity contribution is 5.94. The van der Waals surface area contributed by atoms with Crippen LogP contribution in [-0.2, 0) is 6.54 Å². The molecule has 0 unspecified atom stereocenters. The predicted octanol–water partition coefficient (Wildman–Crippen LogP) is 4.31. The van der Waals surface area contributed by atoms with Crippen LogP contribution in [0.4, 0.5) is 4.39 Å². The summed E-state index contributed by atoms with van der Waals surface area (Å²) in [6.07, 6.45) is 5.70. The molecule has 4 rings (SSSR count). The van der Waals surface area contributed by atoms with Crippen molar-refractivity contribution in [3.63, 3.8) is 0 Å². The van der Waals surface area contributed by atoms with E-state index in [4.69, 9.17) is 4.74 Å². The SMILES string of the molecule is Cc1nccn1Cc1cccc(C(=O)N2CCC[C@@H](COc3ccc(F)cc3)C2)c1. The molecule has 0 saturated carbocycles. The number of ether oxygens (including phenoxy) is 1. The first-order chi connectivity index (χ1) is 14.6. The van der Waals surface area contributed by atoms with Gasteiger partial charge in [-0.15, -0.1) is 0 Å². The maximum absolute atomic E-state index is 13.1. The molecule has 2 aromatic carbocycles. The molecule has 0 bridgehead atoms. The molecular formula is C24H26FN3O2. The number of halogens is 1. The number of imidazole rings is 1. The summed E-state index contributed by atoms with van der Waals surface area (Å²) in [5.41, 5.74) is 1.79. The average molecular weight is 407 g/mol. The molecule has 1 saturated heterocycles. The molecule has 1 atom stereocenters. The molecule has 5 nitrogen and oxygen atoms in total. The van der Waals surface area contributed by atoms with Crippen LogP contribution in [0.15, 0.2) is 60.9 Å². The van der Waals surface area contributed by atoms with Gasteiger partial charge in [0.15, 0.2) is 0 Å². The average Bonchev–Trinajstić information content (AvgIpc) is 3.17. The van der Waals surface area contributed by atoms with Gasteiger partial charge in [-0.2, -0.15) is 0 Å². The second-order valence-corrected chi connectivity index (χ2v) is 7.83. The van der Waals surface area contributed by atoms with Gasteiger partial charge in [0, 0.05) is 43.5 Å². The first kappa shape index (κ1) is 20.1. The van der Waals surface area contributed by atoms with Crippen molar-refractivity contribution in [2.24, 2.45) is 5.92 Å². The Morgan fingerprint density at radius 1 is 1.23 bits per heavy atom. The molecule has 1 aromatic heterocycles. The molecule has 30 heavy (non-hydrogen) atoms. The molecule has 0 aliphatic carbocycles. The molecule has 0 radical (unpaired) electrons. The first-order valence-corrected chi connectivity index (χ1v) is 10.3. The van der Waals surface area contributed by atoms with Gasteiger partial charge in [0.05, 0.1) is 6.61 Å². The highest BCUT2D eigenvalue weighted by Gasteiger charge is 2.25. The van der Waals surface area contributed by atoms with Gasteiger partial charge in [-0.05, 0) is 61.7 Å². The van der Waals surface area contributed by atoms with E-state index in [2.05, 4.69) is 9.55 Å². The van der Waals surface area contributed by atoms with Crippen LogP contribution in [0, 0.1) is 18.7 Å². The van der Waals surface area contributed by atoms with E-state index < -0.39 is 0 Å². The quantitative estimate of drug-likeness (QED) is 0.612. The molecule has 156 valence electrons. The van der Waals surface area contributed by atoms with E-state index in [1.165, 1.54) is 12.1 Å². The van der Waals surface area contributed by atoms with Gasteiger partial charge in [0.2, 0.25) is 0 Å². The van der Waals surface area contributed by atoms with Gasteiger partial charge in [-0.3, -0.25) is 4.79 Å². The monoisotopic (exact) mass is 407 g/mol. The van der Waals surface area contributed by atoms with Crippen molar-refractivity contribution in [3.8, 4) is 5.75 Å². The lowest BCUT2D eigenvalue weighted by molar-refractivity contribution is 0.0633. The molecule has 2 heterocycles. The van der Waals surface area contributed by atoms with E-state index in [0.717, 1.165) is 30.8 Å². The smallest absolute Gasteiger partial charge is 0.253 e. The molecule has 6 heteroatoms. The Labute approximate surface area is 176 Å². The Balaban J connectivity index is 1.37. The van der Waals surface area contributed by atoms with E-state index in [1.54, 1.807) is 18.3 Å². The zero-order valence-electron chi connectivity index (χ0n) is 17.1. The minimum absolute atomic E-state index is 0.0608. The summed E-state index contributed by atoms with van der Waals surface area (Å²) < 4.78 is 20.9. The Morgan fingerprint density at radius 2 is 2.07 bits per heavy atom. The van der Waals surface area contributed by atoms with Crippen molar-refractivity contribution in [1.82, 2.24) is 14.5 Å². The van der Waals surface area contributed by atoms with Crippen molar-refractivity contribution in [3.05, 3.63) is 83.7 Å². The first-order valence-electron chi connectivity index (χ1n) is 10.3. The Hall–Kier alpha value is -3.15. The number of hydrogen-bond donors (Lipinski definition) is 0. The van der Waals surface area contributed by atoms with E-state index in [9.17, 15) is 9.18 Å². The fourth-order valence-corrected chi connectivity index (χ4v) is 3.88. The lowest BCUT2D eigenvalue weighted by Crippen LogP contribution is -2.41. The summed E-state index contributed by atoms with van der Waals surface area (Å²) in [6, 6.07) is 13.9. The zero-order chi connectivity index (χ0) is 20.9. The second-order valence-electron chi connectivity index (χ2n) is 7.83. The molecule has 1 amide bonds. The van der Waals surface area contributed by atoms with Crippen molar-refractivity contribution in [2.75, 3.05) is 19.7 Å². The molecule has 0 N–H and O–H groups in total. The third-order valence-corrected chi connectivity index (χ3v) is 5.56. The number of aryl methyl sites for hydroxylation is 1. The maximum Gasteiger partial charge on any atom is 0.253 e. The summed E-state index contributed by atoms with van der Waals surface area (Å²) in [4.78, 5) is 19.3. The highest BCUT2D eigenvalue weighted by Crippen LogP contribution is 2.21. The van der Waals surface area contributed by atoms with Gasteiger partial charge < -0.3 is 14.2 Å². The number of carbonyl (C=O) groups is 1. The predicted molar refractivity (Wildman–Crippen MR) is 113 cm³/mol. The number of hydrogen-bond acceptors (Lipinski definition) is 3. The van der Waals surface area contributed by atoms with Crippen molar-refractivity contribution in [2.45, 2.75) is 26.3 Å². The van der Waals surface area contributed by atoms with E-state index in [1.807, 2.05) is 42.3 Å². The Morgan fingerprint density at radius 3 is 2.83 bits per heavy atom. The van der Waals surface area contributed by atoms with E-state index >= 15 is 0 Å². The minimum atomic E-state index is -0.276. The van der Waals surface area contributed by atoms with Gasteiger partial charge in [-0.25, -0.2) is 9.37 Å². The fourth-order valence-electron chi connectivity index (χ4n) is 3.88. The van der Waals surface area contributed by atoms with Crippen LogP contribution in [0.2, 0.25) is 0 Å². The third kappa shape index (κ3) is 4.87. The van der Waals surface area contributed by atoms with Crippen molar-refractivity contribution in [1.29, 1.82) is 0 Å². The normalized spacial score (nSPS) is 16.5. The van der Waals surface area contributed by atoms with Crippen LogP contribution in [0.5, 0.6) is 5.75 Å². The lowest BCUT2D eigenvalue weighted by Gasteiger charge is -2.32. The largest absolute Gasteiger partial charge is 0.493 e. The number of likely N-dealkylation sites (tertiary alicyclic amines) is 1. The Bertz CT molecular complexity index is 1000. The number of amides is 1. The number of aromatic nitrogens is 2. The fraction of sp³-hybridized carbons (Fsp3) is 0.333. The third-order valence-electron chi connectivity index (χ3n) is 5.56. The van der Waals surface area contributed by atoms with Gasteiger partial charge in [-0.1, -0.05) is 12.1 Å². The van der Waals surface area contributed by atoms with Crippen LogP contribution in [0.25, 0.3) is 0 Å². The number of carbonyl (C=O) groups excluding carboxylic acids is 1. The minimum Gasteiger partial charge on any atom is -0.493 e. The summed E-state index contributed by atoms with van der Waals surface area (Å²) in [5.74, 6) is 1.66. The highest BCUT2D eigenvalue weighted by atomic mass is 19.1. The van der Waals surface area contributed by atoms with Gasteiger partial charge in [0.1, 0.15) is 17.4 Å². The summed E-state index contributed by atoms with van der Waals surface area (Å²) >= 11 is 0. The zero-order valence-corrected chi connectivity index (χ0v) is 17.1. The van der Waals surface area contributed by atoms with Crippen molar-refractivity contribution < 1.29 is 13.9 Å². The second kappa shape index (κ2) is 9.11. The van der Waals surface area contributed by atoms with E-state index in [0.29, 0.717) is 31.0 Å². The summed E-state index contributed by atoms with van der Waals surface area (Å²) in [5, 5.41) is 0. The van der Waals surface area contributed by atoms with Crippen LogP contribution in [0.1, 0.15) is 34.6 Å². The topological polar surface area (TPSA) is 47.4 Å². The maximum atomic E-state index is 13.1. The van der Waals surface area contributed by atoms with Crippen LogP contribution in [0.3, 0.4) is 0 Å². The molecule has 3 aromatic rings. The molecule has 1 aliphatic heterocycles. The standard InChI is InChI=1S/C24H26FN3O2/c1-18-26-11-13-27(18)15-19-4-2-6-21(14-19)24(29)28-12-3-5-20(16-28)17-30-23-9-7-22(25)8-10-23/h2,4,6-11,13-14,20H,3,5,12,15-17H2,1H3/t20-/m1/s1. The number of piperidine rings is 1. The van der Waals surface area contributed by atoms with Crippen LogP contribution < -0.4 is 4.74 Å². The lowest BCUT2D eigenvalue weighted by atomic mass is 9.98. The number of nitrogens with zero attached hydrogens (tertiary/aromatic N) is 3. The van der Waals surface area contributed by atoms with Gasteiger partial charge >= 0.3 is 0 Å². The summed E-state index contributed by atoms with van der Waals surface area (Å²) in [6.45, 7) is 4.62. The van der Waals surface area contributed by atoms with Gasteiger partial charge in [0.25, 0.3) is 5.91 Å².